The second-order valence-corrected chi connectivity index (χ2v) is 5.44. The van der Waals surface area contributed by atoms with Crippen LogP contribution in [0.3, 0.4) is 0 Å². The number of Topliss-reactive ketones (excluding diaryl/α,β-unsaturated/α-hetero) is 2. The van der Waals surface area contributed by atoms with Gasteiger partial charge in [-0.1, -0.05) is 12.1 Å². The number of rotatable bonds is 4. The molecular weight excluding hydrogens is 295 g/mol. The number of aromatic nitrogens is 1. The summed E-state index contributed by atoms with van der Waals surface area (Å²) < 4.78 is 38.9. The average Bonchev–Trinajstić information content (AvgIpc) is 2.46. The lowest BCUT2D eigenvalue weighted by molar-refractivity contribution is -0.141. The molecular formula is C16H16F3NO2. The molecule has 0 aromatic carbocycles. The lowest BCUT2D eigenvalue weighted by Crippen LogP contribution is -2.20. The number of pyridine rings is 1. The highest BCUT2D eigenvalue weighted by atomic mass is 19.4. The number of ketones is 2. The van der Waals surface area contributed by atoms with Crippen LogP contribution in [0.2, 0.25) is 0 Å². The minimum atomic E-state index is -4.50. The van der Waals surface area contributed by atoms with Crippen LogP contribution >= 0.6 is 0 Å². The van der Waals surface area contributed by atoms with E-state index in [-0.39, 0.29) is 29.5 Å². The molecule has 2 rings (SSSR count). The number of hydrogen-bond acceptors (Lipinski definition) is 3. The zero-order valence-electron chi connectivity index (χ0n) is 12.1. The molecule has 0 saturated carbocycles. The molecule has 1 atom stereocenters. The summed E-state index contributed by atoms with van der Waals surface area (Å²) in [5.74, 6) is -0.602. The van der Waals surface area contributed by atoms with Crippen LogP contribution in [-0.2, 0) is 15.8 Å². The van der Waals surface area contributed by atoms with Gasteiger partial charge in [-0.05, 0) is 37.8 Å². The Morgan fingerprint density at radius 2 is 2.09 bits per heavy atom. The van der Waals surface area contributed by atoms with E-state index < -0.39 is 11.9 Å². The van der Waals surface area contributed by atoms with Crippen molar-refractivity contribution in [3.8, 4) is 0 Å². The van der Waals surface area contributed by atoms with Crippen LogP contribution < -0.4 is 0 Å². The average molecular weight is 311 g/mol. The molecule has 0 saturated heterocycles. The summed E-state index contributed by atoms with van der Waals surface area (Å²) in [5, 5.41) is 0. The smallest absolute Gasteiger partial charge is 0.300 e. The van der Waals surface area contributed by atoms with Crippen LogP contribution in [0.4, 0.5) is 13.2 Å². The molecule has 3 nitrogen and oxygen atoms in total. The molecule has 0 aliphatic heterocycles. The molecule has 1 aliphatic rings. The van der Waals surface area contributed by atoms with Crippen LogP contribution in [0.15, 0.2) is 24.4 Å². The predicted molar refractivity (Wildman–Crippen MR) is 74.9 cm³/mol. The van der Waals surface area contributed by atoms with Crippen molar-refractivity contribution in [3.05, 3.63) is 35.7 Å². The maximum atomic E-state index is 13.0. The van der Waals surface area contributed by atoms with Gasteiger partial charge >= 0.3 is 6.18 Å². The van der Waals surface area contributed by atoms with Gasteiger partial charge in [0.2, 0.25) is 0 Å². The maximum Gasteiger partial charge on any atom is 0.433 e. The van der Waals surface area contributed by atoms with E-state index in [4.69, 9.17) is 0 Å². The minimum Gasteiger partial charge on any atom is -0.300 e. The van der Waals surface area contributed by atoms with E-state index in [1.54, 1.807) is 6.08 Å². The lowest BCUT2D eigenvalue weighted by Gasteiger charge is -2.22. The van der Waals surface area contributed by atoms with Gasteiger partial charge in [-0.2, -0.15) is 13.2 Å². The van der Waals surface area contributed by atoms with Crippen molar-refractivity contribution < 1.29 is 22.8 Å². The number of carbonyl (C=O) groups excluding carboxylic acids is 2. The number of nitrogens with zero attached hydrogens (tertiary/aromatic N) is 1. The second-order valence-electron chi connectivity index (χ2n) is 5.44. The molecule has 0 fully saturated rings. The monoisotopic (exact) mass is 311 g/mol. The fourth-order valence-electron chi connectivity index (χ4n) is 2.65. The van der Waals surface area contributed by atoms with Gasteiger partial charge in [0.05, 0.1) is 6.42 Å². The summed E-state index contributed by atoms with van der Waals surface area (Å²) in [7, 11) is 0. The van der Waals surface area contributed by atoms with E-state index in [0.717, 1.165) is 6.20 Å². The normalized spacial score (nSPS) is 18.7. The standard InChI is InChI=1S/C16H16F3NO2/c1-10(21)9-14(22)12-6-4-11(5-7-12)13-3-2-8-20-15(13)16(17,18)19/h2-4,8,12H,5-7,9H2,1H3. The van der Waals surface area contributed by atoms with E-state index in [0.29, 0.717) is 24.8 Å². The molecule has 1 unspecified atom stereocenters. The summed E-state index contributed by atoms with van der Waals surface area (Å²) in [6.07, 6.45) is -0.610. The first kappa shape index (κ1) is 16.4. The Kier molecular flexibility index (Phi) is 4.78. The van der Waals surface area contributed by atoms with Crippen molar-refractivity contribution in [1.82, 2.24) is 4.98 Å². The zero-order valence-corrected chi connectivity index (χ0v) is 12.1. The van der Waals surface area contributed by atoms with Crippen LogP contribution in [-0.4, -0.2) is 16.6 Å². The summed E-state index contributed by atoms with van der Waals surface area (Å²) in [6.45, 7) is 1.35. The largest absolute Gasteiger partial charge is 0.433 e. The van der Waals surface area contributed by atoms with Crippen LogP contribution in [0.25, 0.3) is 5.57 Å². The van der Waals surface area contributed by atoms with Gasteiger partial charge in [-0.15, -0.1) is 0 Å². The Morgan fingerprint density at radius 3 is 2.64 bits per heavy atom. The molecule has 6 heteroatoms. The Hall–Kier alpha value is -1.98. The summed E-state index contributed by atoms with van der Waals surface area (Å²) in [5.41, 5.74) is -0.255. The van der Waals surface area contributed by atoms with E-state index in [9.17, 15) is 22.8 Å². The van der Waals surface area contributed by atoms with Crippen LogP contribution in [0.5, 0.6) is 0 Å². The fourth-order valence-corrected chi connectivity index (χ4v) is 2.65. The molecule has 0 radical (unpaired) electrons. The molecule has 0 N–H and O–H groups in total. The second kappa shape index (κ2) is 6.42. The van der Waals surface area contributed by atoms with Gasteiger partial charge in [-0.25, -0.2) is 0 Å². The number of halogens is 3. The van der Waals surface area contributed by atoms with Crippen molar-refractivity contribution >= 4 is 17.1 Å². The van der Waals surface area contributed by atoms with E-state index >= 15 is 0 Å². The number of hydrogen-bond donors (Lipinski definition) is 0. The maximum absolute atomic E-state index is 13.0. The molecule has 1 aromatic heterocycles. The van der Waals surface area contributed by atoms with Crippen molar-refractivity contribution in [2.45, 2.75) is 38.8 Å². The van der Waals surface area contributed by atoms with Gasteiger partial charge in [0.25, 0.3) is 0 Å². The molecule has 0 spiro atoms. The molecule has 1 heterocycles. The lowest BCUT2D eigenvalue weighted by atomic mass is 9.83. The van der Waals surface area contributed by atoms with Crippen molar-refractivity contribution in [1.29, 1.82) is 0 Å². The SMILES string of the molecule is CC(=O)CC(=O)C1CC=C(c2cccnc2C(F)(F)F)CC1. The molecule has 1 aromatic rings. The molecule has 0 bridgehead atoms. The minimum absolute atomic E-state index is 0.0764. The van der Waals surface area contributed by atoms with Gasteiger partial charge in [-0.3, -0.25) is 14.6 Å². The first-order chi connectivity index (χ1) is 10.3. The van der Waals surface area contributed by atoms with E-state index in [2.05, 4.69) is 4.98 Å². The third-order valence-electron chi connectivity index (χ3n) is 3.71. The molecule has 22 heavy (non-hydrogen) atoms. The zero-order chi connectivity index (χ0) is 16.3. The van der Waals surface area contributed by atoms with Gasteiger partial charge < -0.3 is 0 Å². The van der Waals surface area contributed by atoms with Crippen molar-refractivity contribution in [2.24, 2.45) is 5.92 Å². The molecule has 118 valence electrons. The van der Waals surface area contributed by atoms with Crippen molar-refractivity contribution in [3.63, 3.8) is 0 Å². The third kappa shape index (κ3) is 3.81. The summed E-state index contributed by atoms with van der Waals surface area (Å²) in [4.78, 5) is 26.2. The molecule has 1 aliphatic carbocycles. The molecule has 0 amide bonds. The quantitative estimate of drug-likeness (QED) is 0.794. The van der Waals surface area contributed by atoms with Gasteiger partial charge in [0, 0.05) is 17.7 Å². The Morgan fingerprint density at radius 1 is 1.36 bits per heavy atom. The topological polar surface area (TPSA) is 47.0 Å². The Bertz CT molecular complexity index is 620. The third-order valence-corrected chi connectivity index (χ3v) is 3.71. The van der Waals surface area contributed by atoms with E-state index in [1.165, 1.54) is 19.1 Å². The highest BCUT2D eigenvalue weighted by Gasteiger charge is 2.36. The first-order valence-electron chi connectivity index (χ1n) is 7.03. The first-order valence-corrected chi connectivity index (χ1v) is 7.03. The number of carbonyl (C=O) groups is 2. The number of allylic oxidation sites excluding steroid dienone is 2. The van der Waals surface area contributed by atoms with Crippen LogP contribution in [0.1, 0.15) is 43.9 Å². The van der Waals surface area contributed by atoms with Gasteiger partial charge in [0.15, 0.2) is 5.69 Å². The van der Waals surface area contributed by atoms with Crippen LogP contribution in [0, 0.1) is 5.92 Å². The summed E-state index contributed by atoms with van der Waals surface area (Å²) in [6, 6.07) is 2.87. The predicted octanol–water partition coefficient (Wildman–Crippen LogP) is 3.83. The fraction of sp³-hybridized carbons (Fsp3) is 0.438. The Labute approximate surface area is 126 Å². The van der Waals surface area contributed by atoms with Crippen molar-refractivity contribution in [2.75, 3.05) is 0 Å². The highest BCUT2D eigenvalue weighted by molar-refractivity contribution is 5.99. The Balaban J connectivity index is 2.19. The number of alkyl halides is 3. The van der Waals surface area contributed by atoms with Gasteiger partial charge in [0.1, 0.15) is 11.6 Å². The van der Waals surface area contributed by atoms with E-state index in [1.807, 2.05) is 0 Å². The summed E-state index contributed by atoms with van der Waals surface area (Å²) >= 11 is 0. The highest BCUT2D eigenvalue weighted by Crippen LogP contribution is 2.37.